The summed E-state index contributed by atoms with van der Waals surface area (Å²) in [6, 6.07) is 11.8. The molecule has 0 aliphatic carbocycles. The molecule has 0 fully saturated rings. The third-order valence-corrected chi connectivity index (χ3v) is 2.73. The second kappa shape index (κ2) is 4.74. The number of nitrogens with one attached hydrogen (secondary N) is 1. The molecule has 17 heavy (non-hydrogen) atoms. The van der Waals surface area contributed by atoms with Crippen molar-refractivity contribution in [1.29, 1.82) is 0 Å². The summed E-state index contributed by atoms with van der Waals surface area (Å²) in [4.78, 5) is 10.4. The smallest absolute Gasteiger partial charge is 0.404 e. The lowest BCUT2D eigenvalue weighted by molar-refractivity contribution is 0.194. The zero-order valence-corrected chi connectivity index (χ0v) is 9.31. The van der Waals surface area contributed by atoms with Gasteiger partial charge in [0.1, 0.15) is 0 Å². The molecule has 4 N–H and O–H groups in total. The number of nitrogens with two attached hydrogens (primary N) is 1. The van der Waals surface area contributed by atoms with Crippen LogP contribution in [0.2, 0.25) is 0 Å². The van der Waals surface area contributed by atoms with Crippen LogP contribution in [0.5, 0.6) is 0 Å². The highest BCUT2D eigenvalue weighted by molar-refractivity contribution is 5.89. The number of hydrogen-bond donors (Lipinski definition) is 3. The van der Waals surface area contributed by atoms with Crippen molar-refractivity contribution >= 4 is 22.6 Å². The van der Waals surface area contributed by atoms with E-state index >= 15 is 0 Å². The molecule has 0 bridgehead atoms. The Hall–Kier alpha value is -2.23. The highest BCUT2D eigenvalue weighted by atomic mass is 16.4. The van der Waals surface area contributed by atoms with E-state index in [1.54, 1.807) is 0 Å². The monoisotopic (exact) mass is 230 g/mol. The van der Waals surface area contributed by atoms with Gasteiger partial charge in [-0.25, -0.2) is 4.79 Å². The molecule has 4 heteroatoms. The second-order valence-electron chi connectivity index (χ2n) is 3.84. The van der Waals surface area contributed by atoms with E-state index in [0.717, 1.165) is 16.3 Å². The number of nitrogen functional groups attached to an aromatic ring is 1. The van der Waals surface area contributed by atoms with Gasteiger partial charge in [0.05, 0.1) is 0 Å². The zero-order valence-electron chi connectivity index (χ0n) is 9.31. The van der Waals surface area contributed by atoms with Gasteiger partial charge >= 0.3 is 6.09 Å². The maximum Gasteiger partial charge on any atom is 0.404 e. The first kappa shape index (κ1) is 11.3. The molecule has 0 atom stereocenters. The molecule has 0 aliphatic heterocycles. The van der Waals surface area contributed by atoms with Gasteiger partial charge in [-0.1, -0.05) is 30.3 Å². The highest BCUT2D eigenvalue weighted by Gasteiger charge is 2.05. The van der Waals surface area contributed by atoms with E-state index in [0.29, 0.717) is 18.7 Å². The average molecular weight is 230 g/mol. The largest absolute Gasteiger partial charge is 0.465 e. The van der Waals surface area contributed by atoms with Crippen molar-refractivity contribution in [3.8, 4) is 0 Å². The van der Waals surface area contributed by atoms with Crippen LogP contribution in [0.1, 0.15) is 5.56 Å². The van der Waals surface area contributed by atoms with Gasteiger partial charge in [-0.2, -0.15) is 0 Å². The number of hydrogen-bond acceptors (Lipinski definition) is 2. The summed E-state index contributed by atoms with van der Waals surface area (Å²) in [5, 5.41) is 13.1. The normalized spacial score (nSPS) is 10.4. The summed E-state index contributed by atoms with van der Waals surface area (Å²) in [6.07, 6.45) is -0.414. The van der Waals surface area contributed by atoms with E-state index in [2.05, 4.69) is 5.32 Å². The van der Waals surface area contributed by atoms with Crippen molar-refractivity contribution in [2.24, 2.45) is 0 Å². The number of carbonyl (C=O) groups is 1. The Morgan fingerprint density at radius 2 is 2.00 bits per heavy atom. The van der Waals surface area contributed by atoms with Crippen molar-refractivity contribution in [2.75, 3.05) is 12.3 Å². The first-order valence-corrected chi connectivity index (χ1v) is 5.41. The van der Waals surface area contributed by atoms with Gasteiger partial charge < -0.3 is 16.2 Å². The Morgan fingerprint density at radius 3 is 2.76 bits per heavy atom. The average Bonchev–Trinajstić information content (AvgIpc) is 2.32. The van der Waals surface area contributed by atoms with Crippen LogP contribution in [0.25, 0.3) is 10.8 Å². The molecule has 88 valence electrons. The van der Waals surface area contributed by atoms with Crippen molar-refractivity contribution in [2.45, 2.75) is 6.42 Å². The van der Waals surface area contributed by atoms with Crippen LogP contribution in [-0.4, -0.2) is 17.7 Å². The summed E-state index contributed by atoms with van der Waals surface area (Å²) >= 11 is 0. The molecule has 0 spiro atoms. The molecule has 0 radical (unpaired) electrons. The number of fused-ring (bicyclic) bond motifs is 1. The standard InChI is InChI=1S/C13H14N2O2/c14-12-6-5-9-3-1-2-4-10(9)11(12)7-8-15-13(16)17/h1-6,15H,7-8,14H2,(H,16,17). The van der Waals surface area contributed by atoms with Gasteiger partial charge in [-0.3, -0.25) is 0 Å². The van der Waals surface area contributed by atoms with Gasteiger partial charge in [-0.05, 0) is 28.8 Å². The van der Waals surface area contributed by atoms with Crippen LogP contribution in [0.15, 0.2) is 36.4 Å². The van der Waals surface area contributed by atoms with Crippen LogP contribution < -0.4 is 11.1 Å². The van der Waals surface area contributed by atoms with E-state index in [9.17, 15) is 4.79 Å². The molecule has 0 heterocycles. The molecule has 0 aliphatic rings. The summed E-state index contributed by atoms with van der Waals surface area (Å²) in [5.74, 6) is 0. The van der Waals surface area contributed by atoms with Crippen molar-refractivity contribution in [1.82, 2.24) is 5.32 Å². The molecule has 0 aromatic heterocycles. The summed E-state index contributed by atoms with van der Waals surface area (Å²) in [6.45, 7) is 0.369. The van der Waals surface area contributed by atoms with Crippen LogP contribution in [0, 0.1) is 0 Å². The second-order valence-corrected chi connectivity index (χ2v) is 3.84. The van der Waals surface area contributed by atoms with Crippen molar-refractivity contribution in [3.05, 3.63) is 42.0 Å². The molecule has 1 amide bonds. The molecule has 2 aromatic rings. The van der Waals surface area contributed by atoms with Gasteiger partial charge in [0.15, 0.2) is 0 Å². The zero-order chi connectivity index (χ0) is 12.3. The molecule has 4 nitrogen and oxygen atoms in total. The SMILES string of the molecule is Nc1ccc2ccccc2c1CCNC(=O)O. The van der Waals surface area contributed by atoms with E-state index in [1.165, 1.54) is 0 Å². The van der Waals surface area contributed by atoms with Crippen LogP contribution in [0.3, 0.4) is 0 Å². The van der Waals surface area contributed by atoms with Gasteiger partial charge in [-0.15, -0.1) is 0 Å². The molecular formula is C13H14N2O2. The van der Waals surface area contributed by atoms with Crippen molar-refractivity contribution < 1.29 is 9.90 Å². The maximum absolute atomic E-state index is 10.4. The Labute approximate surface area is 99.1 Å². The lowest BCUT2D eigenvalue weighted by Crippen LogP contribution is -2.23. The number of carboxylic acid groups (broad SMARTS) is 1. The fraction of sp³-hybridized carbons (Fsp3) is 0.154. The topological polar surface area (TPSA) is 75.3 Å². The number of rotatable bonds is 3. The minimum Gasteiger partial charge on any atom is -0.465 e. The Balaban J connectivity index is 2.31. The van der Waals surface area contributed by atoms with Gasteiger partial charge in [0.2, 0.25) is 0 Å². The Bertz CT molecular complexity index is 552. The fourth-order valence-corrected chi connectivity index (χ4v) is 1.93. The molecule has 2 aromatic carbocycles. The Morgan fingerprint density at radius 1 is 1.24 bits per heavy atom. The lowest BCUT2D eigenvalue weighted by Gasteiger charge is -2.09. The first-order chi connectivity index (χ1) is 8.18. The van der Waals surface area contributed by atoms with Crippen LogP contribution in [0.4, 0.5) is 10.5 Å². The predicted molar refractivity (Wildman–Crippen MR) is 68.1 cm³/mol. The molecular weight excluding hydrogens is 216 g/mol. The van der Waals surface area contributed by atoms with Crippen LogP contribution >= 0.6 is 0 Å². The predicted octanol–water partition coefficient (Wildman–Crippen LogP) is 2.23. The van der Waals surface area contributed by atoms with Crippen LogP contribution in [-0.2, 0) is 6.42 Å². The van der Waals surface area contributed by atoms with E-state index in [1.807, 2.05) is 36.4 Å². The highest BCUT2D eigenvalue weighted by Crippen LogP contribution is 2.24. The van der Waals surface area contributed by atoms with Gasteiger partial charge in [0, 0.05) is 12.2 Å². The summed E-state index contributed by atoms with van der Waals surface area (Å²) in [5.41, 5.74) is 7.63. The third kappa shape index (κ3) is 2.47. The molecule has 0 unspecified atom stereocenters. The number of anilines is 1. The van der Waals surface area contributed by atoms with Gasteiger partial charge in [0.25, 0.3) is 0 Å². The van der Waals surface area contributed by atoms with E-state index in [-0.39, 0.29) is 0 Å². The van der Waals surface area contributed by atoms with E-state index < -0.39 is 6.09 Å². The summed E-state index contributed by atoms with van der Waals surface area (Å²) < 4.78 is 0. The van der Waals surface area contributed by atoms with E-state index in [4.69, 9.17) is 10.8 Å². The number of benzene rings is 2. The summed E-state index contributed by atoms with van der Waals surface area (Å²) in [7, 11) is 0. The molecule has 0 saturated carbocycles. The fourth-order valence-electron chi connectivity index (χ4n) is 1.93. The third-order valence-electron chi connectivity index (χ3n) is 2.73. The maximum atomic E-state index is 10.4. The Kier molecular flexibility index (Phi) is 3.14. The van der Waals surface area contributed by atoms with Crippen molar-refractivity contribution in [3.63, 3.8) is 0 Å². The first-order valence-electron chi connectivity index (χ1n) is 5.41. The number of amides is 1. The quantitative estimate of drug-likeness (QED) is 0.708. The molecule has 0 saturated heterocycles. The lowest BCUT2D eigenvalue weighted by atomic mass is 10.0. The minimum absolute atomic E-state index is 0.369. The minimum atomic E-state index is -1.01. The molecule has 2 rings (SSSR count).